The van der Waals surface area contributed by atoms with Crippen LogP contribution in [0.4, 0.5) is 5.82 Å². The zero-order valence-corrected chi connectivity index (χ0v) is 21.7. The van der Waals surface area contributed by atoms with Gasteiger partial charge in [0.25, 0.3) is 0 Å². The maximum absolute atomic E-state index is 9.58. The van der Waals surface area contributed by atoms with E-state index in [0.717, 1.165) is 33.5 Å². The van der Waals surface area contributed by atoms with Gasteiger partial charge in [-0.05, 0) is 50.6 Å². The summed E-state index contributed by atoms with van der Waals surface area (Å²) in [6, 6.07) is 7.79. The zero-order valence-electron chi connectivity index (χ0n) is 20.2. The molecule has 10 heteroatoms. The number of nitrogens with one attached hydrogen (secondary N) is 1. The topological polar surface area (TPSA) is 107 Å². The van der Waals surface area contributed by atoms with Gasteiger partial charge >= 0.3 is 0 Å². The molecule has 1 saturated heterocycles. The van der Waals surface area contributed by atoms with E-state index in [0.29, 0.717) is 40.1 Å². The van der Waals surface area contributed by atoms with Gasteiger partial charge in [0.15, 0.2) is 0 Å². The van der Waals surface area contributed by atoms with Gasteiger partial charge in [0.05, 0.1) is 39.9 Å². The average molecular weight is 528 g/mol. The van der Waals surface area contributed by atoms with Crippen LogP contribution in [-0.2, 0) is 0 Å². The van der Waals surface area contributed by atoms with Crippen molar-refractivity contribution in [1.82, 2.24) is 20.2 Å². The molecule has 4 aromatic rings. The Hall–Kier alpha value is -2.91. The Morgan fingerprint density at radius 2 is 1.86 bits per heavy atom. The van der Waals surface area contributed by atoms with Gasteiger partial charge in [-0.2, -0.15) is 5.10 Å². The van der Waals surface area contributed by atoms with Crippen LogP contribution in [0.25, 0.3) is 22.2 Å². The smallest absolute Gasteiger partial charge is 0.131 e. The van der Waals surface area contributed by atoms with Crippen molar-refractivity contribution in [2.75, 3.05) is 31.2 Å². The van der Waals surface area contributed by atoms with Crippen molar-refractivity contribution >= 4 is 39.9 Å². The molecule has 0 aliphatic carbocycles. The lowest BCUT2D eigenvalue weighted by atomic mass is 9.81. The number of halogens is 2. The fourth-order valence-electron chi connectivity index (χ4n) is 4.69. The number of benzene rings is 1. The Morgan fingerprint density at radius 1 is 1.11 bits per heavy atom. The van der Waals surface area contributed by atoms with Crippen LogP contribution in [-0.4, -0.2) is 56.7 Å². The number of aliphatic hydroxyl groups excluding tert-OH is 2. The first-order valence-corrected chi connectivity index (χ1v) is 12.4. The van der Waals surface area contributed by atoms with Crippen LogP contribution in [0.15, 0.2) is 36.7 Å². The number of rotatable bonds is 7. The number of hydrogen-bond acceptors (Lipinski definition) is 7. The van der Waals surface area contributed by atoms with Gasteiger partial charge in [-0.1, -0.05) is 23.2 Å². The molecule has 0 amide bonds. The molecule has 36 heavy (non-hydrogen) atoms. The predicted octanol–water partition coefficient (Wildman–Crippen LogP) is 4.87. The number of aryl methyl sites for hydroxylation is 2. The highest BCUT2D eigenvalue weighted by atomic mass is 35.5. The quantitative estimate of drug-likeness (QED) is 0.314. The number of ether oxygens (including phenoxy) is 1. The summed E-state index contributed by atoms with van der Waals surface area (Å²) in [4.78, 5) is 10.9. The Kier molecular flexibility index (Phi) is 6.55. The summed E-state index contributed by atoms with van der Waals surface area (Å²) in [6.07, 6.45) is 3.00. The number of aromatic nitrogens is 4. The van der Waals surface area contributed by atoms with E-state index >= 15 is 0 Å². The molecule has 0 spiro atoms. The van der Waals surface area contributed by atoms with E-state index in [-0.39, 0.29) is 19.3 Å². The van der Waals surface area contributed by atoms with Gasteiger partial charge in [0.1, 0.15) is 23.4 Å². The summed E-state index contributed by atoms with van der Waals surface area (Å²) >= 11 is 12.8. The maximum Gasteiger partial charge on any atom is 0.131 e. The molecular weight excluding hydrogens is 501 g/mol. The number of aromatic amines is 1. The molecule has 0 saturated carbocycles. The molecule has 1 fully saturated rings. The second-order valence-corrected chi connectivity index (χ2v) is 10.3. The summed E-state index contributed by atoms with van der Waals surface area (Å²) in [5.74, 6) is 1.50. The van der Waals surface area contributed by atoms with Gasteiger partial charge < -0.3 is 19.8 Å². The molecule has 3 aromatic heterocycles. The third kappa shape index (κ3) is 4.28. The van der Waals surface area contributed by atoms with Crippen LogP contribution in [0.3, 0.4) is 0 Å². The Balaban J connectivity index is 1.41. The Bertz CT molecular complexity index is 1430. The molecule has 5 rings (SSSR count). The van der Waals surface area contributed by atoms with Crippen molar-refractivity contribution in [3.8, 4) is 17.0 Å². The van der Waals surface area contributed by atoms with E-state index in [1.807, 2.05) is 45.0 Å². The molecule has 8 nitrogen and oxygen atoms in total. The zero-order chi connectivity index (χ0) is 25.6. The van der Waals surface area contributed by atoms with Crippen LogP contribution in [0.1, 0.15) is 29.8 Å². The number of pyridine rings is 2. The Morgan fingerprint density at radius 3 is 2.56 bits per heavy atom. The second-order valence-electron chi connectivity index (χ2n) is 9.50. The lowest BCUT2D eigenvalue weighted by Gasteiger charge is -2.49. The minimum atomic E-state index is -0.456. The van der Waals surface area contributed by atoms with Gasteiger partial charge in [-0.25, -0.2) is 4.98 Å². The predicted molar refractivity (Wildman–Crippen MR) is 141 cm³/mol. The maximum atomic E-state index is 9.58. The first kappa shape index (κ1) is 24.8. The molecule has 1 atom stereocenters. The van der Waals surface area contributed by atoms with Crippen molar-refractivity contribution in [3.05, 3.63) is 63.5 Å². The van der Waals surface area contributed by atoms with E-state index in [1.165, 1.54) is 0 Å². The molecule has 0 bridgehead atoms. The van der Waals surface area contributed by atoms with Crippen molar-refractivity contribution in [2.24, 2.45) is 5.41 Å². The van der Waals surface area contributed by atoms with E-state index in [9.17, 15) is 10.2 Å². The lowest BCUT2D eigenvalue weighted by Crippen LogP contribution is -2.60. The second kappa shape index (κ2) is 9.52. The van der Waals surface area contributed by atoms with Crippen molar-refractivity contribution in [3.63, 3.8) is 0 Å². The van der Waals surface area contributed by atoms with Crippen molar-refractivity contribution in [1.29, 1.82) is 0 Å². The van der Waals surface area contributed by atoms with Gasteiger partial charge in [0, 0.05) is 42.0 Å². The fraction of sp³-hybridized carbons (Fsp3) is 0.346. The number of H-pyrrole nitrogens is 1. The molecule has 3 N–H and O–H groups in total. The number of nitrogens with zero attached hydrogens (tertiary/aromatic N) is 4. The van der Waals surface area contributed by atoms with Gasteiger partial charge in [-0.3, -0.25) is 10.1 Å². The van der Waals surface area contributed by atoms with Gasteiger partial charge in [0.2, 0.25) is 0 Å². The van der Waals surface area contributed by atoms with Gasteiger partial charge in [-0.15, -0.1) is 0 Å². The monoisotopic (exact) mass is 527 g/mol. The number of hydrogen-bond donors (Lipinski definition) is 3. The number of aliphatic hydroxyl groups is 2. The third-order valence-corrected chi connectivity index (χ3v) is 7.56. The number of anilines is 1. The van der Waals surface area contributed by atoms with E-state index < -0.39 is 5.41 Å². The summed E-state index contributed by atoms with van der Waals surface area (Å²) in [6.45, 7) is 6.79. The van der Waals surface area contributed by atoms with E-state index in [4.69, 9.17) is 27.9 Å². The van der Waals surface area contributed by atoms with Crippen molar-refractivity contribution < 1.29 is 14.9 Å². The van der Waals surface area contributed by atoms with Crippen LogP contribution in [0.2, 0.25) is 10.0 Å². The highest BCUT2D eigenvalue weighted by Crippen LogP contribution is 2.38. The molecule has 0 unspecified atom stereocenters. The number of fused-ring (bicyclic) bond motifs is 1. The van der Waals surface area contributed by atoms with E-state index in [1.54, 1.807) is 12.4 Å². The fourth-order valence-corrected chi connectivity index (χ4v) is 5.34. The third-order valence-electron chi connectivity index (χ3n) is 6.78. The largest absolute Gasteiger partial charge is 0.486 e. The van der Waals surface area contributed by atoms with Crippen LogP contribution in [0, 0.1) is 19.3 Å². The van der Waals surface area contributed by atoms with Crippen LogP contribution < -0.4 is 9.64 Å². The average Bonchev–Trinajstić information content (AvgIpc) is 3.26. The molecule has 188 valence electrons. The van der Waals surface area contributed by atoms with Crippen molar-refractivity contribution in [2.45, 2.75) is 26.9 Å². The van der Waals surface area contributed by atoms with Crippen LogP contribution in [0.5, 0.6) is 5.75 Å². The molecule has 0 radical (unpaired) electrons. The first-order valence-electron chi connectivity index (χ1n) is 11.6. The standard InChI is InChI=1S/C26H27Cl2N5O3/c1-14-6-17(8-30-25(14)33-10-26(11-33,12-34)13-35)24-19-7-18(4-5-21(19)31-32-24)36-16(3)22-20(27)9-29-15(2)23(22)28/h4-9,16,34-35H,10-13H2,1-3H3,(H,31,32)/t16-/m1/s1. The highest BCUT2D eigenvalue weighted by Gasteiger charge is 2.43. The minimum absolute atomic E-state index is 0.0431. The summed E-state index contributed by atoms with van der Waals surface area (Å²) in [5.41, 5.74) is 4.45. The highest BCUT2D eigenvalue weighted by molar-refractivity contribution is 6.36. The lowest BCUT2D eigenvalue weighted by molar-refractivity contribution is 0.0301. The summed E-state index contributed by atoms with van der Waals surface area (Å²) < 4.78 is 6.22. The normalized spacial score (nSPS) is 15.7. The molecule has 1 aromatic carbocycles. The first-order chi connectivity index (χ1) is 17.2. The molecule has 1 aliphatic heterocycles. The van der Waals surface area contributed by atoms with E-state index in [2.05, 4.69) is 25.1 Å². The molecule has 4 heterocycles. The minimum Gasteiger partial charge on any atom is -0.486 e. The Labute approximate surface area is 218 Å². The van der Waals surface area contributed by atoms with Crippen LogP contribution >= 0.6 is 23.2 Å². The summed E-state index contributed by atoms with van der Waals surface area (Å²) in [7, 11) is 0. The SMILES string of the molecule is Cc1cc(-c2n[nH]c3ccc(O[C@H](C)c4c(Cl)cnc(C)c4Cl)cc23)cnc1N1CC(CO)(CO)C1. The summed E-state index contributed by atoms with van der Waals surface area (Å²) in [5, 5.41) is 28.6. The molecular formula is C26H27Cl2N5O3. The molecule has 1 aliphatic rings.